The van der Waals surface area contributed by atoms with Gasteiger partial charge in [-0.25, -0.2) is 0 Å². The number of aryl methyl sites for hydroxylation is 1. The molecule has 0 unspecified atom stereocenters. The zero-order chi connectivity index (χ0) is 17.4. The van der Waals surface area contributed by atoms with Crippen molar-refractivity contribution in [3.63, 3.8) is 0 Å². The molecule has 0 aromatic heterocycles. The second-order valence-corrected chi connectivity index (χ2v) is 7.39. The van der Waals surface area contributed by atoms with Crippen molar-refractivity contribution in [2.45, 2.75) is 52.4 Å². The fraction of sp³-hybridized carbons (Fsp3) is 0.400. The molecule has 1 fully saturated rings. The largest absolute Gasteiger partial charge is 0.494 e. The highest BCUT2D eigenvalue weighted by Crippen LogP contribution is 2.36. The van der Waals surface area contributed by atoms with E-state index in [4.69, 9.17) is 14.0 Å². The molecule has 0 N–H and O–H groups in total. The molecule has 0 aliphatic carbocycles. The molecule has 1 saturated heterocycles. The lowest BCUT2D eigenvalue weighted by atomic mass is 9.78. The van der Waals surface area contributed by atoms with Crippen LogP contribution in [0, 0.1) is 6.92 Å². The predicted molar refractivity (Wildman–Crippen MR) is 97.7 cm³/mol. The molecule has 1 aliphatic heterocycles. The maximum atomic E-state index is 6.13. The zero-order valence-corrected chi connectivity index (χ0v) is 15.1. The van der Waals surface area contributed by atoms with Gasteiger partial charge in [0.1, 0.15) is 12.4 Å². The van der Waals surface area contributed by atoms with Crippen LogP contribution in [0.2, 0.25) is 0 Å². The van der Waals surface area contributed by atoms with Gasteiger partial charge < -0.3 is 14.0 Å². The summed E-state index contributed by atoms with van der Waals surface area (Å²) in [6.45, 7) is 10.9. The summed E-state index contributed by atoms with van der Waals surface area (Å²) in [4.78, 5) is 0. The number of hydrogen-bond acceptors (Lipinski definition) is 3. The predicted octanol–water partition coefficient (Wildman–Crippen LogP) is 3.87. The van der Waals surface area contributed by atoms with Crippen molar-refractivity contribution >= 4 is 12.6 Å². The van der Waals surface area contributed by atoms with Crippen LogP contribution >= 0.6 is 0 Å². The van der Waals surface area contributed by atoms with E-state index in [1.807, 2.05) is 37.3 Å². The Morgan fingerprint density at radius 3 is 2.17 bits per heavy atom. The fourth-order valence-electron chi connectivity index (χ4n) is 2.63. The molecule has 126 valence electrons. The van der Waals surface area contributed by atoms with Gasteiger partial charge in [0.05, 0.1) is 11.2 Å². The van der Waals surface area contributed by atoms with Gasteiger partial charge >= 0.3 is 7.12 Å². The van der Waals surface area contributed by atoms with Gasteiger partial charge in [0.25, 0.3) is 0 Å². The topological polar surface area (TPSA) is 27.7 Å². The minimum atomic E-state index is -0.366. The molecule has 1 heterocycles. The van der Waals surface area contributed by atoms with Gasteiger partial charge in [-0.3, -0.25) is 0 Å². The summed E-state index contributed by atoms with van der Waals surface area (Å²) in [6, 6.07) is 16.3. The summed E-state index contributed by atoms with van der Waals surface area (Å²) in [6.07, 6.45) is 0. The molecule has 24 heavy (non-hydrogen) atoms. The van der Waals surface area contributed by atoms with Crippen LogP contribution in [0.15, 0.2) is 48.5 Å². The lowest BCUT2D eigenvalue weighted by Crippen LogP contribution is -2.41. The molecule has 1 aliphatic rings. The summed E-state index contributed by atoms with van der Waals surface area (Å²) in [5.74, 6) is 0.867. The molecule has 0 bridgehead atoms. The number of benzene rings is 2. The minimum absolute atomic E-state index is 0.340. The average molecular weight is 324 g/mol. The van der Waals surface area contributed by atoms with Crippen LogP contribution in [0.5, 0.6) is 5.75 Å². The third-order valence-corrected chi connectivity index (χ3v) is 4.97. The van der Waals surface area contributed by atoms with Crippen molar-refractivity contribution in [2.75, 3.05) is 0 Å². The van der Waals surface area contributed by atoms with Gasteiger partial charge in [0.15, 0.2) is 0 Å². The van der Waals surface area contributed by atoms with E-state index in [-0.39, 0.29) is 18.3 Å². The van der Waals surface area contributed by atoms with Crippen LogP contribution in [-0.2, 0) is 15.9 Å². The molecule has 0 radical (unpaired) electrons. The molecule has 0 amide bonds. The molecule has 0 saturated carbocycles. The summed E-state index contributed by atoms with van der Waals surface area (Å²) in [5, 5.41) is 0. The van der Waals surface area contributed by atoms with E-state index in [1.165, 1.54) is 0 Å². The first-order valence-corrected chi connectivity index (χ1v) is 8.41. The monoisotopic (exact) mass is 324 g/mol. The van der Waals surface area contributed by atoms with E-state index in [0.717, 1.165) is 22.3 Å². The fourth-order valence-corrected chi connectivity index (χ4v) is 2.63. The highest BCUT2D eigenvalue weighted by Gasteiger charge is 2.51. The van der Waals surface area contributed by atoms with Crippen molar-refractivity contribution in [1.82, 2.24) is 0 Å². The van der Waals surface area contributed by atoms with Gasteiger partial charge in [-0.15, -0.1) is 0 Å². The van der Waals surface area contributed by atoms with Crippen molar-refractivity contribution in [3.05, 3.63) is 59.7 Å². The number of hydrogen-bond donors (Lipinski definition) is 0. The molecule has 2 aromatic rings. The van der Waals surface area contributed by atoms with E-state index in [2.05, 4.69) is 45.9 Å². The van der Waals surface area contributed by atoms with E-state index in [0.29, 0.717) is 6.61 Å². The molecular weight excluding hydrogens is 299 g/mol. The van der Waals surface area contributed by atoms with Crippen molar-refractivity contribution in [2.24, 2.45) is 0 Å². The lowest BCUT2D eigenvalue weighted by Gasteiger charge is -2.32. The molecule has 3 rings (SSSR count). The zero-order valence-electron chi connectivity index (χ0n) is 15.1. The normalized spacial score (nSPS) is 18.6. The Morgan fingerprint density at radius 2 is 1.54 bits per heavy atom. The molecule has 0 atom stereocenters. The van der Waals surface area contributed by atoms with Crippen molar-refractivity contribution in [1.29, 1.82) is 0 Å². The molecule has 4 heteroatoms. The summed E-state index contributed by atoms with van der Waals surface area (Å²) < 4.78 is 18.3. The highest BCUT2D eigenvalue weighted by molar-refractivity contribution is 6.62. The van der Waals surface area contributed by atoms with Crippen LogP contribution in [0.25, 0.3) is 0 Å². The first-order valence-electron chi connectivity index (χ1n) is 8.41. The second-order valence-electron chi connectivity index (χ2n) is 7.39. The van der Waals surface area contributed by atoms with Gasteiger partial charge in [0.2, 0.25) is 0 Å². The van der Waals surface area contributed by atoms with Crippen molar-refractivity contribution < 1.29 is 14.0 Å². The Labute approximate surface area is 145 Å². The van der Waals surface area contributed by atoms with Crippen LogP contribution in [0.3, 0.4) is 0 Å². The first-order chi connectivity index (χ1) is 11.3. The standard InChI is InChI=1S/C20H25BO3/c1-15-11-12-17(21-23-19(2,3)20(4,5)24-21)13-18(15)22-14-16-9-7-6-8-10-16/h6-13H,14H2,1-5H3. The highest BCUT2D eigenvalue weighted by atomic mass is 16.7. The van der Waals surface area contributed by atoms with Crippen LogP contribution < -0.4 is 10.2 Å². The first kappa shape index (κ1) is 17.1. The third kappa shape index (κ3) is 3.35. The minimum Gasteiger partial charge on any atom is -0.489 e. The Kier molecular flexibility index (Phi) is 4.45. The summed E-state index contributed by atoms with van der Waals surface area (Å²) in [5.41, 5.74) is 2.56. The molecular formula is C20H25BO3. The van der Waals surface area contributed by atoms with Gasteiger partial charge in [-0.2, -0.15) is 0 Å². The van der Waals surface area contributed by atoms with E-state index >= 15 is 0 Å². The Hall–Kier alpha value is -1.78. The molecule has 2 aromatic carbocycles. The number of ether oxygens (including phenoxy) is 1. The van der Waals surface area contributed by atoms with E-state index in [9.17, 15) is 0 Å². The Morgan fingerprint density at radius 1 is 0.917 bits per heavy atom. The van der Waals surface area contributed by atoms with Crippen LogP contribution in [0.1, 0.15) is 38.8 Å². The summed E-state index contributed by atoms with van der Waals surface area (Å²) in [7, 11) is -0.366. The lowest BCUT2D eigenvalue weighted by molar-refractivity contribution is 0.00578. The van der Waals surface area contributed by atoms with Gasteiger partial charge in [-0.05, 0) is 57.3 Å². The third-order valence-electron chi connectivity index (χ3n) is 4.97. The quantitative estimate of drug-likeness (QED) is 0.799. The number of rotatable bonds is 4. The van der Waals surface area contributed by atoms with E-state index in [1.54, 1.807) is 0 Å². The maximum Gasteiger partial charge on any atom is 0.494 e. The maximum absolute atomic E-state index is 6.13. The van der Waals surface area contributed by atoms with Gasteiger partial charge in [-0.1, -0.05) is 42.5 Å². The van der Waals surface area contributed by atoms with Crippen molar-refractivity contribution in [3.8, 4) is 5.75 Å². The second kappa shape index (κ2) is 6.27. The van der Waals surface area contributed by atoms with Gasteiger partial charge in [0, 0.05) is 0 Å². The SMILES string of the molecule is Cc1ccc(B2OC(C)(C)C(C)(C)O2)cc1OCc1ccccc1. The smallest absolute Gasteiger partial charge is 0.489 e. The Bertz CT molecular complexity index is 694. The summed E-state index contributed by atoms with van der Waals surface area (Å²) >= 11 is 0. The average Bonchev–Trinajstić information content (AvgIpc) is 2.75. The van der Waals surface area contributed by atoms with E-state index < -0.39 is 0 Å². The van der Waals surface area contributed by atoms with Crippen LogP contribution in [-0.4, -0.2) is 18.3 Å². The van der Waals surface area contributed by atoms with Crippen LogP contribution in [0.4, 0.5) is 0 Å². The Balaban J connectivity index is 1.77. The molecule has 0 spiro atoms. The molecule has 3 nitrogen and oxygen atoms in total.